The second-order valence-electron chi connectivity index (χ2n) is 3.13. The van der Waals surface area contributed by atoms with Gasteiger partial charge in [0.2, 0.25) is 0 Å². The van der Waals surface area contributed by atoms with Gasteiger partial charge in [0, 0.05) is 12.5 Å². The molecule has 0 aliphatic heterocycles. The van der Waals surface area contributed by atoms with Crippen molar-refractivity contribution in [3.8, 4) is 0 Å². The highest BCUT2D eigenvalue weighted by atomic mass is 35.5. The molecule has 0 N–H and O–H groups in total. The van der Waals surface area contributed by atoms with Crippen molar-refractivity contribution in [2.45, 2.75) is 13.3 Å². The Bertz CT molecular complexity index is 465. The van der Waals surface area contributed by atoms with Gasteiger partial charge in [-0.25, -0.2) is 0 Å². The third kappa shape index (κ3) is 3.80. The second kappa shape index (κ2) is 6.14. The maximum absolute atomic E-state index is 10.6. The quantitative estimate of drug-likeness (QED) is 0.481. The number of benzene rings is 1. The van der Waals surface area contributed by atoms with Crippen LogP contribution in [0.4, 0.5) is 5.69 Å². The van der Waals surface area contributed by atoms with E-state index in [1.165, 1.54) is 12.1 Å². The van der Waals surface area contributed by atoms with Gasteiger partial charge >= 0.3 is 0 Å². The highest BCUT2D eigenvalue weighted by Gasteiger charge is 2.16. The summed E-state index contributed by atoms with van der Waals surface area (Å²) in [6.07, 6.45) is 0.305. The average molecular weight is 294 g/mol. The summed E-state index contributed by atoms with van der Waals surface area (Å²) >= 11 is 16.6. The van der Waals surface area contributed by atoms with E-state index in [4.69, 9.17) is 40.2 Å². The Labute approximate surface area is 114 Å². The SMILES string of the molecule is CCOC(=S)Cc1cc(Cl)c([N+](=O)[O-])cc1Cl. The van der Waals surface area contributed by atoms with Crippen LogP contribution in [0.5, 0.6) is 0 Å². The fourth-order valence-corrected chi connectivity index (χ4v) is 1.97. The Hall–Kier alpha value is -0.910. The fraction of sp³-hybridized carbons (Fsp3) is 0.300. The van der Waals surface area contributed by atoms with E-state index in [9.17, 15) is 10.1 Å². The molecule has 0 amide bonds. The van der Waals surface area contributed by atoms with Crippen LogP contribution in [0.1, 0.15) is 12.5 Å². The largest absolute Gasteiger partial charge is 0.487 e. The number of nitro benzene ring substituents is 1. The van der Waals surface area contributed by atoms with Gasteiger partial charge in [0.15, 0.2) is 5.05 Å². The Kier molecular flexibility index (Phi) is 5.11. The maximum Gasteiger partial charge on any atom is 0.289 e. The number of thiocarbonyl (C=S) groups is 1. The molecule has 1 rings (SSSR count). The van der Waals surface area contributed by atoms with E-state index in [1.807, 2.05) is 6.92 Å². The molecule has 0 aromatic heterocycles. The summed E-state index contributed by atoms with van der Waals surface area (Å²) in [5, 5.41) is 11.3. The van der Waals surface area contributed by atoms with Crippen LogP contribution < -0.4 is 0 Å². The summed E-state index contributed by atoms with van der Waals surface area (Å²) in [5.41, 5.74) is 0.392. The van der Waals surface area contributed by atoms with Crippen molar-refractivity contribution in [1.29, 1.82) is 0 Å². The number of nitrogens with zero attached hydrogens (tertiary/aromatic N) is 1. The molecule has 0 saturated carbocycles. The molecule has 0 fully saturated rings. The summed E-state index contributed by atoms with van der Waals surface area (Å²) in [5.74, 6) is 0. The lowest BCUT2D eigenvalue weighted by Gasteiger charge is -2.07. The molecule has 0 aliphatic carbocycles. The molecule has 0 unspecified atom stereocenters. The Morgan fingerprint density at radius 3 is 2.65 bits per heavy atom. The predicted molar refractivity (Wildman–Crippen MR) is 71.0 cm³/mol. The molecule has 0 bridgehead atoms. The molecule has 0 spiro atoms. The van der Waals surface area contributed by atoms with Gasteiger partial charge in [-0.3, -0.25) is 10.1 Å². The van der Waals surface area contributed by atoms with E-state index < -0.39 is 4.92 Å². The third-order valence-corrected chi connectivity index (χ3v) is 2.87. The lowest BCUT2D eigenvalue weighted by molar-refractivity contribution is -0.384. The van der Waals surface area contributed by atoms with Crippen LogP contribution >= 0.6 is 35.4 Å². The molecular formula is C10H9Cl2NO3S. The molecular weight excluding hydrogens is 285 g/mol. The minimum absolute atomic E-state index is 0.0358. The summed E-state index contributed by atoms with van der Waals surface area (Å²) < 4.78 is 5.11. The molecule has 1 aromatic rings. The van der Waals surface area contributed by atoms with Crippen molar-refractivity contribution in [1.82, 2.24) is 0 Å². The number of hydrogen-bond acceptors (Lipinski definition) is 4. The van der Waals surface area contributed by atoms with Crippen LogP contribution in [0.2, 0.25) is 10.0 Å². The van der Waals surface area contributed by atoms with Gasteiger partial charge in [-0.05, 0) is 30.8 Å². The van der Waals surface area contributed by atoms with Crippen molar-refractivity contribution >= 4 is 46.2 Å². The van der Waals surface area contributed by atoms with Crippen LogP contribution in [0, 0.1) is 10.1 Å². The topological polar surface area (TPSA) is 52.4 Å². The number of hydrogen-bond donors (Lipinski definition) is 0. The molecule has 17 heavy (non-hydrogen) atoms. The van der Waals surface area contributed by atoms with E-state index >= 15 is 0 Å². The second-order valence-corrected chi connectivity index (χ2v) is 4.40. The number of halogens is 2. The third-order valence-electron chi connectivity index (χ3n) is 1.95. The number of rotatable bonds is 4. The van der Waals surface area contributed by atoms with Crippen LogP contribution in [-0.4, -0.2) is 16.6 Å². The standard InChI is InChI=1S/C10H9Cl2NO3S/c1-2-16-10(17)4-6-3-8(12)9(13(14)15)5-7(6)11/h3,5H,2,4H2,1H3. The van der Waals surface area contributed by atoms with Gasteiger partial charge in [0.1, 0.15) is 5.02 Å². The molecule has 0 heterocycles. The van der Waals surface area contributed by atoms with Crippen LogP contribution in [0.3, 0.4) is 0 Å². The highest BCUT2D eigenvalue weighted by Crippen LogP contribution is 2.31. The highest BCUT2D eigenvalue weighted by molar-refractivity contribution is 7.80. The molecule has 4 nitrogen and oxygen atoms in total. The first kappa shape index (κ1) is 14.2. The van der Waals surface area contributed by atoms with E-state index in [2.05, 4.69) is 0 Å². The Balaban J connectivity index is 2.99. The Morgan fingerprint density at radius 1 is 1.47 bits per heavy atom. The van der Waals surface area contributed by atoms with Crippen molar-refractivity contribution in [2.75, 3.05) is 6.61 Å². The van der Waals surface area contributed by atoms with Crippen molar-refractivity contribution in [2.24, 2.45) is 0 Å². The smallest absolute Gasteiger partial charge is 0.289 e. The summed E-state index contributed by atoms with van der Waals surface area (Å²) in [4.78, 5) is 10.0. The molecule has 92 valence electrons. The minimum atomic E-state index is -0.584. The zero-order valence-electron chi connectivity index (χ0n) is 8.91. The first-order valence-corrected chi connectivity index (χ1v) is 5.90. The average Bonchev–Trinajstić information content (AvgIpc) is 2.22. The van der Waals surface area contributed by atoms with Crippen LogP contribution in [-0.2, 0) is 11.2 Å². The van der Waals surface area contributed by atoms with Gasteiger partial charge in [-0.2, -0.15) is 0 Å². The van der Waals surface area contributed by atoms with Gasteiger partial charge < -0.3 is 4.74 Å². The zero-order valence-corrected chi connectivity index (χ0v) is 11.2. The fourth-order valence-electron chi connectivity index (χ4n) is 1.22. The zero-order chi connectivity index (χ0) is 13.0. The normalized spacial score (nSPS) is 10.1. The van der Waals surface area contributed by atoms with E-state index in [-0.39, 0.29) is 15.7 Å². The summed E-state index contributed by atoms with van der Waals surface area (Å²) in [6, 6.07) is 2.65. The monoisotopic (exact) mass is 293 g/mol. The molecule has 0 radical (unpaired) electrons. The Morgan fingerprint density at radius 2 is 2.12 bits per heavy atom. The molecule has 0 aliphatic rings. The van der Waals surface area contributed by atoms with Crippen LogP contribution in [0.25, 0.3) is 0 Å². The lowest BCUT2D eigenvalue weighted by atomic mass is 10.1. The van der Waals surface area contributed by atoms with Crippen molar-refractivity contribution in [3.05, 3.63) is 37.9 Å². The van der Waals surface area contributed by atoms with Gasteiger partial charge in [0.05, 0.1) is 16.6 Å². The number of nitro groups is 1. The summed E-state index contributed by atoms with van der Waals surface area (Å²) in [7, 11) is 0. The van der Waals surface area contributed by atoms with Gasteiger partial charge in [-0.1, -0.05) is 23.2 Å². The van der Waals surface area contributed by atoms with E-state index in [1.54, 1.807) is 0 Å². The van der Waals surface area contributed by atoms with Gasteiger partial charge in [-0.15, -0.1) is 0 Å². The van der Waals surface area contributed by atoms with E-state index in [0.717, 1.165) is 0 Å². The lowest BCUT2D eigenvalue weighted by Crippen LogP contribution is -2.05. The van der Waals surface area contributed by atoms with E-state index in [0.29, 0.717) is 23.6 Å². The molecule has 0 atom stereocenters. The minimum Gasteiger partial charge on any atom is -0.487 e. The van der Waals surface area contributed by atoms with Crippen LogP contribution in [0.15, 0.2) is 12.1 Å². The first-order chi connectivity index (χ1) is 7.95. The first-order valence-electron chi connectivity index (χ1n) is 4.73. The maximum atomic E-state index is 10.6. The van der Waals surface area contributed by atoms with Crippen molar-refractivity contribution in [3.63, 3.8) is 0 Å². The summed E-state index contributed by atoms with van der Waals surface area (Å²) in [6.45, 7) is 2.29. The molecule has 7 heteroatoms. The van der Waals surface area contributed by atoms with Gasteiger partial charge in [0.25, 0.3) is 5.69 Å². The molecule has 1 aromatic carbocycles. The number of ether oxygens (including phenoxy) is 1. The predicted octanol–water partition coefficient (Wildman–Crippen LogP) is 3.81. The van der Waals surface area contributed by atoms with Crippen molar-refractivity contribution < 1.29 is 9.66 Å². The molecule has 0 saturated heterocycles.